The molecule has 0 aliphatic rings. The molecule has 0 rings (SSSR count). The molecule has 0 N–H and O–H groups in total. The first-order valence-electron chi connectivity index (χ1n) is 33.1. The number of allylic oxidation sites excluding steroid dienone is 8. The van der Waals surface area contributed by atoms with E-state index in [-0.39, 0.29) is 31.1 Å². The number of esters is 3. The molecule has 0 fully saturated rings. The standard InChI is InChI=1S/C69H126O6/c1-4-7-10-13-16-19-22-25-28-30-32-34-36-38-41-44-47-50-53-56-59-62-68(71)74-65-66(64-73-67(70)61-58-55-52-49-46-43-40-27-24-21-18-15-12-9-6-3)75-69(72)63-60-57-54-51-48-45-42-39-37-35-33-31-29-26-23-20-17-14-11-8-5-2/h9,12,18,21,27,30,32,40,66H,4-8,10-11,13-17,19-20,22-26,28-29,31,33-39,41-65H2,1-3H3/b12-9-,21-18-,32-30-,40-27-. The summed E-state index contributed by atoms with van der Waals surface area (Å²) >= 11 is 0. The third-order valence-corrected chi connectivity index (χ3v) is 14.8. The Balaban J connectivity index is 4.32. The first kappa shape index (κ1) is 72.4. The van der Waals surface area contributed by atoms with Gasteiger partial charge in [0.1, 0.15) is 13.2 Å². The lowest BCUT2D eigenvalue weighted by atomic mass is 10.0. The molecule has 0 saturated carbocycles. The molecule has 0 aromatic heterocycles. The van der Waals surface area contributed by atoms with Crippen LogP contribution in [0.25, 0.3) is 0 Å². The molecular weight excluding hydrogens is 925 g/mol. The Kier molecular flexibility index (Phi) is 61.7. The van der Waals surface area contributed by atoms with Crippen molar-refractivity contribution in [2.45, 2.75) is 361 Å². The van der Waals surface area contributed by atoms with Gasteiger partial charge in [-0.1, -0.05) is 307 Å². The zero-order valence-corrected chi connectivity index (χ0v) is 50.3. The molecule has 0 bridgehead atoms. The molecule has 1 atom stereocenters. The Morgan fingerprint density at radius 2 is 0.520 bits per heavy atom. The van der Waals surface area contributed by atoms with Gasteiger partial charge >= 0.3 is 17.9 Å². The summed E-state index contributed by atoms with van der Waals surface area (Å²) in [6, 6.07) is 0. The van der Waals surface area contributed by atoms with Gasteiger partial charge in [-0.2, -0.15) is 0 Å². The zero-order valence-electron chi connectivity index (χ0n) is 50.3. The van der Waals surface area contributed by atoms with Crippen molar-refractivity contribution in [1.82, 2.24) is 0 Å². The monoisotopic (exact) mass is 1050 g/mol. The second-order valence-electron chi connectivity index (χ2n) is 22.4. The Bertz CT molecular complexity index is 1300. The van der Waals surface area contributed by atoms with E-state index in [0.717, 1.165) is 96.3 Å². The first-order chi connectivity index (χ1) is 37.0. The van der Waals surface area contributed by atoms with E-state index in [0.29, 0.717) is 19.3 Å². The van der Waals surface area contributed by atoms with E-state index in [4.69, 9.17) is 14.2 Å². The smallest absolute Gasteiger partial charge is 0.306 e. The van der Waals surface area contributed by atoms with Crippen LogP contribution in [0.1, 0.15) is 355 Å². The summed E-state index contributed by atoms with van der Waals surface area (Å²) in [5.41, 5.74) is 0. The fourth-order valence-electron chi connectivity index (χ4n) is 9.87. The van der Waals surface area contributed by atoms with Crippen molar-refractivity contribution in [2.24, 2.45) is 0 Å². The minimum atomic E-state index is -0.780. The van der Waals surface area contributed by atoms with Crippen LogP contribution in [-0.2, 0) is 28.6 Å². The molecule has 0 aliphatic heterocycles. The van der Waals surface area contributed by atoms with E-state index < -0.39 is 6.10 Å². The highest BCUT2D eigenvalue weighted by molar-refractivity contribution is 5.71. The van der Waals surface area contributed by atoms with Crippen molar-refractivity contribution in [3.63, 3.8) is 0 Å². The highest BCUT2D eigenvalue weighted by Gasteiger charge is 2.19. The number of unbranched alkanes of at least 4 members (excludes halogenated alkanes) is 42. The van der Waals surface area contributed by atoms with E-state index in [2.05, 4.69) is 69.4 Å². The van der Waals surface area contributed by atoms with Crippen LogP contribution in [0.5, 0.6) is 0 Å². The Morgan fingerprint density at radius 3 is 0.827 bits per heavy atom. The topological polar surface area (TPSA) is 78.9 Å². The zero-order chi connectivity index (χ0) is 54.3. The van der Waals surface area contributed by atoms with Crippen molar-refractivity contribution in [1.29, 1.82) is 0 Å². The van der Waals surface area contributed by atoms with Crippen LogP contribution >= 0.6 is 0 Å². The van der Waals surface area contributed by atoms with Gasteiger partial charge in [0.25, 0.3) is 0 Å². The maximum absolute atomic E-state index is 12.9. The third-order valence-electron chi connectivity index (χ3n) is 14.8. The lowest BCUT2D eigenvalue weighted by Gasteiger charge is -2.18. The molecule has 6 nitrogen and oxygen atoms in total. The minimum absolute atomic E-state index is 0.0761. The highest BCUT2D eigenvalue weighted by atomic mass is 16.6. The fraction of sp³-hybridized carbons (Fsp3) is 0.841. The molecule has 0 amide bonds. The average molecular weight is 1050 g/mol. The predicted octanol–water partition coefficient (Wildman–Crippen LogP) is 22.6. The Hall–Kier alpha value is -2.63. The van der Waals surface area contributed by atoms with Gasteiger partial charge in [0.05, 0.1) is 0 Å². The number of rotatable bonds is 61. The normalized spacial score (nSPS) is 12.3. The number of carbonyl (C=O) groups excluding carboxylic acids is 3. The molecule has 0 aromatic rings. The van der Waals surface area contributed by atoms with Crippen LogP contribution in [0, 0.1) is 0 Å². The molecule has 0 radical (unpaired) electrons. The summed E-state index contributed by atoms with van der Waals surface area (Å²) in [4.78, 5) is 38.4. The van der Waals surface area contributed by atoms with Gasteiger partial charge in [0, 0.05) is 19.3 Å². The van der Waals surface area contributed by atoms with Crippen LogP contribution in [-0.4, -0.2) is 37.2 Å². The van der Waals surface area contributed by atoms with Gasteiger partial charge in [0.15, 0.2) is 6.10 Å². The largest absolute Gasteiger partial charge is 0.462 e. The molecule has 0 spiro atoms. The number of hydrogen-bond acceptors (Lipinski definition) is 6. The number of hydrogen-bond donors (Lipinski definition) is 0. The number of ether oxygens (including phenoxy) is 3. The summed E-state index contributed by atoms with van der Waals surface area (Å²) in [6.45, 7) is 6.57. The first-order valence-corrected chi connectivity index (χ1v) is 33.1. The van der Waals surface area contributed by atoms with Crippen molar-refractivity contribution in [3.8, 4) is 0 Å². The Morgan fingerprint density at radius 1 is 0.280 bits per heavy atom. The lowest BCUT2D eigenvalue weighted by molar-refractivity contribution is -0.167. The second kappa shape index (κ2) is 63.9. The maximum atomic E-state index is 12.9. The molecule has 0 aromatic carbocycles. The molecule has 6 heteroatoms. The van der Waals surface area contributed by atoms with E-state index in [1.54, 1.807) is 0 Å². The van der Waals surface area contributed by atoms with Crippen LogP contribution in [0.3, 0.4) is 0 Å². The van der Waals surface area contributed by atoms with Gasteiger partial charge in [-0.25, -0.2) is 0 Å². The fourth-order valence-corrected chi connectivity index (χ4v) is 9.87. The van der Waals surface area contributed by atoms with Crippen LogP contribution in [0.15, 0.2) is 48.6 Å². The molecule has 0 saturated heterocycles. The third kappa shape index (κ3) is 62.1. The van der Waals surface area contributed by atoms with E-state index in [9.17, 15) is 14.4 Å². The molecule has 0 heterocycles. The molecule has 1 unspecified atom stereocenters. The summed E-state index contributed by atoms with van der Waals surface area (Å²) < 4.78 is 17.0. The summed E-state index contributed by atoms with van der Waals surface area (Å²) in [7, 11) is 0. The summed E-state index contributed by atoms with van der Waals surface area (Å²) in [5, 5.41) is 0. The molecule has 438 valence electrons. The van der Waals surface area contributed by atoms with Crippen molar-refractivity contribution >= 4 is 17.9 Å². The quantitative estimate of drug-likeness (QED) is 0.0261. The van der Waals surface area contributed by atoms with Gasteiger partial charge in [-0.15, -0.1) is 0 Å². The van der Waals surface area contributed by atoms with Crippen LogP contribution in [0.2, 0.25) is 0 Å². The van der Waals surface area contributed by atoms with Gasteiger partial charge in [-0.3, -0.25) is 14.4 Å². The minimum Gasteiger partial charge on any atom is -0.462 e. The van der Waals surface area contributed by atoms with E-state index in [1.807, 2.05) is 0 Å². The maximum Gasteiger partial charge on any atom is 0.306 e. The average Bonchev–Trinajstić information content (AvgIpc) is 3.41. The predicted molar refractivity (Wildman–Crippen MR) is 325 cm³/mol. The van der Waals surface area contributed by atoms with Crippen molar-refractivity contribution in [2.75, 3.05) is 13.2 Å². The van der Waals surface area contributed by atoms with Crippen molar-refractivity contribution < 1.29 is 28.6 Å². The number of carbonyl (C=O) groups is 3. The van der Waals surface area contributed by atoms with Gasteiger partial charge in [0.2, 0.25) is 0 Å². The molecule has 0 aliphatic carbocycles. The summed E-state index contributed by atoms with van der Waals surface area (Å²) in [5.74, 6) is -0.872. The molecule has 75 heavy (non-hydrogen) atoms. The van der Waals surface area contributed by atoms with Crippen molar-refractivity contribution in [3.05, 3.63) is 48.6 Å². The van der Waals surface area contributed by atoms with Gasteiger partial charge in [-0.05, 0) is 77.0 Å². The van der Waals surface area contributed by atoms with Gasteiger partial charge < -0.3 is 14.2 Å². The van der Waals surface area contributed by atoms with Crippen LogP contribution in [0.4, 0.5) is 0 Å². The molecular formula is C69H126O6. The van der Waals surface area contributed by atoms with Crippen LogP contribution < -0.4 is 0 Å². The lowest BCUT2D eigenvalue weighted by Crippen LogP contribution is -2.30. The summed E-state index contributed by atoms with van der Waals surface area (Å²) in [6.07, 6.45) is 79.8. The van der Waals surface area contributed by atoms with E-state index in [1.165, 1.54) is 218 Å². The highest BCUT2D eigenvalue weighted by Crippen LogP contribution is 2.18. The van der Waals surface area contributed by atoms with E-state index >= 15 is 0 Å². The Labute approximate surface area is 467 Å². The second-order valence-corrected chi connectivity index (χ2v) is 22.4. The SMILES string of the molecule is CC/C=C\C/C=C\C/C=C\CCCCCCCC(=O)OCC(COC(=O)CCCCCCCCCCC/C=C\CCCCCCCCCC)OC(=O)CCCCCCCCCCCCCCCCCCCCCCC.